The van der Waals surface area contributed by atoms with Crippen LogP contribution in [0.25, 0.3) is 0 Å². The summed E-state index contributed by atoms with van der Waals surface area (Å²) < 4.78 is 13.2. The quantitative estimate of drug-likeness (QED) is 0.475. The minimum absolute atomic E-state index is 0.123. The number of benzene rings is 1. The van der Waals surface area contributed by atoms with Crippen molar-refractivity contribution in [3.05, 3.63) is 34.1 Å². The van der Waals surface area contributed by atoms with Crippen LogP contribution in [0.5, 0.6) is 0 Å². The molecule has 0 amide bonds. The summed E-state index contributed by atoms with van der Waals surface area (Å²) in [5, 5.41) is 6.99. The first-order chi connectivity index (χ1) is 6.59. The van der Waals surface area contributed by atoms with E-state index in [-0.39, 0.29) is 11.8 Å². The number of halogens is 2. The summed E-state index contributed by atoms with van der Waals surface area (Å²) in [4.78, 5) is 0. The van der Waals surface area contributed by atoms with Crippen LogP contribution in [-0.4, -0.2) is 12.2 Å². The highest BCUT2D eigenvalue weighted by Gasteiger charge is 1.97. The monoisotopic (exact) mass is 258 g/mol. The third-order valence-corrected chi connectivity index (χ3v) is 1.93. The van der Waals surface area contributed by atoms with Crippen molar-refractivity contribution < 1.29 is 4.39 Å². The van der Waals surface area contributed by atoms with Crippen molar-refractivity contribution in [1.82, 2.24) is 0 Å². The number of nitrogens with zero attached hydrogens (tertiary/aromatic N) is 2. The van der Waals surface area contributed by atoms with E-state index in [1.807, 2.05) is 0 Å². The van der Waals surface area contributed by atoms with Gasteiger partial charge >= 0.3 is 0 Å². The van der Waals surface area contributed by atoms with E-state index in [2.05, 4.69) is 26.1 Å². The molecule has 0 unspecified atom stereocenters. The number of hydrogen-bond donors (Lipinski definition) is 2. The lowest BCUT2D eigenvalue weighted by atomic mass is 10.2. The molecule has 0 saturated heterocycles. The fraction of sp³-hybridized carbons (Fsp3) is 0. The van der Waals surface area contributed by atoms with E-state index in [0.717, 1.165) is 0 Å². The third-order valence-electron chi connectivity index (χ3n) is 1.32. The van der Waals surface area contributed by atoms with Gasteiger partial charge in [0.05, 0.1) is 10.7 Å². The first-order valence-corrected chi connectivity index (χ1v) is 4.46. The predicted molar refractivity (Wildman–Crippen MR) is 57.5 cm³/mol. The topological polar surface area (TPSA) is 76.8 Å². The van der Waals surface area contributed by atoms with Gasteiger partial charge in [0.15, 0.2) is 0 Å². The molecule has 0 aliphatic carbocycles. The first-order valence-electron chi connectivity index (χ1n) is 3.66. The zero-order chi connectivity index (χ0) is 10.6. The van der Waals surface area contributed by atoms with Crippen LogP contribution in [0.4, 0.5) is 4.39 Å². The zero-order valence-electron chi connectivity index (χ0n) is 7.11. The number of nitrogens with two attached hydrogens (primary N) is 2. The molecule has 4 nitrogen and oxygen atoms in total. The Hall–Kier alpha value is -1.43. The molecule has 0 saturated carbocycles. The SMILES string of the molecule is NC(N)=N/N=C/c1ccc(F)c(Br)c1. The van der Waals surface area contributed by atoms with E-state index in [4.69, 9.17) is 11.5 Å². The molecule has 6 heteroatoms. The van der Waals surface area contributed by atoms with E-state index in [1.54, 1.807) is 12.1 Å². The maximum absolute atomic E-state index is 12.8. The van der Waals surface area contributed by atoms with Gasteiger partial charge in [-0.3, -0.25) is 0 Å². The highest BCUT2D eigenvalue weighted by atomic mass is 79.9. The summed E-state index contributed by atoms with van der Waals surface area (Å²) >= 11 is 3.05. The van der Waals surface area contributed by atoms with Gasteiger partial charge in [-0.2, -0.15) is 5.10 Å². The largest absolute Gasteiger partial charge is 0.369 e. The van der Waals surface area contributed by atoms with Crippen LogP contribution in [0.1, 0.15) is 5.56 Å². The van der Waals surface area contributed by atoms with Crippen LogP contribution in [0.3, 0.4) is 0 Å². The molecule has 0 aromatic heterocycles. The maximum atomic E-state index is 12.8. The molecule has 1 aromatic carbocycles. The van der Waals surface area contributed by atoms with Gasteiger partial charge in [-0.15, -0.1) is 5.10 Å². The zero-order valence-corrected chi connectivity index (χ0v) is 8.70. The van der Waals surface area contributed by atoms with Crippen molar-refractivity contribution >= 4 is 28.1 Å². The van der Waals surface area contributed by atoms with Gasteiger partial charge < -0.3 is 11.5 Å². The predicted octanol–water partition coefficient (Wildman–Crippen LogP) is 1.20. The van der Waals surface area contributed by atoms with Crippen molar-refractivity contribution in [2.24, 2.45) is 21.7 Å². The van der Waals surface area contributed by atoms with E-state index in [9.17, 15) is 4.39 Å². The fourth-order valence-corrected chi connectivity index (χ4v) is 1.15. The van der Waals surface area contributed by atoms with Crippen molar-refractivity contribution in [3.8, 4) is 0 Å². The lowest BCUT2D eigenvalue weighted by molar-refractivity contribution is 0.621. The number of guanidine groups is 1. The lowest BCUT2D eigenvalue weighted by Gasteiger charge is -1.94. The normalized spacial score (nSPS) is 10.4. The second kappa shape index (κ2) is 4.71. The van der Waals surface area contributed by atoms with E-state index < -0.39 is 0 Å². The minimum Gasteiger partial charge on any atom is -0.369 e. The lowest BCUT2D eigenvalue weighted by Crippen LogP contribution is -2.21. The molecule has 0 radical (unpaired) electrons. The third kappa shape index (κ3) is 3.14. The van der Waals surface area contributed by atoms with E-state index in [1.165, 1.54) is 12.3 Å². The highest BCUT2D eigenvalue weighted by Crippen LogP contribution is 2.15. The molecule has 1 aromatic rings. The Balaban J connectivity index is 2.83. The van der Waals surface area contributed by atoms with Gasteiger partial charge in [0.25, 0.3) is 0 Å². The molecular formula is C8H8BrFN4. The summed E-state index contributed by atoms with van der Waals surface area (Å²) in [6.07, 6.45) is 1.42. The molecule has 0 heterocycles. The molecule has 4 N–H and O–H groups in total. The molecular weight excluding hydrogens is 251 g/mol. The van der Waals surface area contributed by atoms with Crippen LogP contribution in [0.2, 0.25) is 0 Å². The molecule has 14 heavy (non-hydrogen) atoms. The van der Waals surface area contributed by atoms with Gasteiger partial charge in [0.1, 0.15) is 5.82 Å². The summed E-state index contributed by atoms with van der Waals surface area (Å²) in [6.45, 7) is 0. The Bertz CT molecular complexity index is 385. The van der Waals surface area contributed by atoms with Crippen LogP contribution < -0.4 is 11.5 Å². The van der Waals surface area contributed by atoms with Gasteiger partial charge in [-0.25, -0.2) is 4.39 Å². The van der Waals surface area contributed by atoms with Crippen molar-refractivity contribution in [2.75, 3.05) is 0 Å². The Morgan fingerprint density at radius 1 is 1.43 bits per heavy atom. The van der Waals surface area contributed by atoms with E-state index in [0.29, 0.717) is 10.0 Å². The fourth-order valence-electron chi connectivity index (χ4n) is 0.755. The Morgan fingerprint density at radius 3 is 2.71 bits per heavy atom. The van der Waals surface area contributed by atoms with Crippen molar-refractivity contribution in [3.63, 3.8) is 0 Å². The number of rotatable bonds is 2. The molecule has 0 atom stereocenters. The van der Waals surface area contributed by atoms with Crippen LogP contribution >= 0.6 is 15.9 Å². The smallest absolute Gasteiger partial charge is 0.211 e. The minimum atomic E-state index is -0.330. The van der Waals surface area contributed by atoms with Crippen LogP contribution in [0.15, 0.2) is 32.9 Å². The van der Waals surface area contributed by atoms with Gasteiger partial charge in [0, 0.05) is 0 Å². The van der Waals surface area contributed by atoms with Crippen LogP contribution in [0, 0.1) is 5.82 Å². The molecule has 1 rings (SSSR count). The Morgan fingerprint density at radius 2 is 2.14 bits per heavy atom. The van der Waals surface area contributed by atoms with Crippen molar-refractivity contribution in [1.29, 1.82) is 0 Å². The summed E-state index contributed by atoms with van der Waals surface area (Å²) in [6, 6.07) is 4.45. The standard InChI is InChI=1S/C8H8BrFN4/c9-6-3-5(1-2-7(6)10)4-13-14-8(11)12/h1-4H,(H4,11,12,14)/b13-4+. The van der Waals surface area contributed by atoms with Gasteiger partial charge in [-0.1, -0.05) is 6.07 Å². The van der Waals surface area contributed by atoms with Crippen molar-refractivity contribution in [2.45, 2.75) is 0 Å². The summed E-state index contributed by atoms with van der Waals surface area (Å²) in [7, 11) is 0. The molecule has 0 aliphatic rings. The molecule has 0 aliphatic heterocycles. The van der Waals surface area contributed by atoms with Crippen LogP contribution in [-0.2, 0) is 0 Å². The first kappa shape index (κ1) is 10.6. The second-order valence-corrected chi connectivity index (χ2v) is 3.30. The second-order valence-electron chi connectivity index (χ2n) is 2.44. The van der Waals surface area contributed by atoms with Gasteiger partial charge in [-0.05, 0) is 33.6 Å². The summed E-state index contributed by atoms with van der Waals surface area (Å²) in [5.74, 6) is -0.452. The Kier molecular flexibility index (Phi) is 3.58. The summed E-state index contributed by atoms with van der Waals surface area (Å²) in [5.41, 5.74) is 10.8. The Labute approximate surface area is 88.6 Å². The van der Waals surface area contributed by atoms with Gasteiger partial charge in [0.2, 0.25) is 5.96 Å². The molecule has 0 spiro atoms. The molecule has 0 bridgehead atoms. The van der Waals surface area contributed by atoms with E-state index >= 15 is 0 Å². The average molecular weight is 259 g/mol. The average Bonchev–Trinajstić information content (AvgIpc) is 2.10. The molecule has 0 fully saturated rings. The highest BCUT2D eigenvalue weighted by molar-refractivity contribution is 9.10. The number of hydrogen-bond acceptors (Lipinski definition) is 2. The maximum Gasteiger partial charge on any atom is 0.211 e. The molecule has 74 valence electrons.